The van der Waals surface area contributed by atoms with E-state index >= 15 is 0 Å². The second-order valence-corrected chi connectivity index (χ2v) is 48.4. The summed E-state index contributed by atoms with van der Waals surface area (Å²) in [5.74, 6) is 0. The summed E-state index contributed by atoms with van der Waals surface area (Å²) in [4.78, 5) is 5.30. The van der Waals surface area contributed by atoms with Gasteiger partial charge in [-0.05, 0) is 256 Å². The third kappa shape index (κ3) is 15.7. The van der Waals surface area contributed by atoms with Crippen LogP contribution >= 0.6 is 0 Å². The van der Waals surface area contributed by atoms with Gasteiger partial charge in [0.15, 0.2) is 0 Å². The number of para-hydroxylation sites is 2. The van der Waals surface area contributed by atoms with Gasteiger partial charge in [0.05, 0.1) is 44.4 Å². The van der Waals surface area contributed by atoms with Gasteiger partial charge in [-0.15, -0.1) is 0 Å². The Morgan fingerprint density at radius 3 is 0.906 bits per heavy atom. The summed E-state index contributed by atoms with van der Waals surface area (Å²) >= 11 is 0. The Balaban J connectivity index is 1.15. The van der Waals surface area contributed by atoms with Gasteiger partial charge < -0.3 is 18.9 Å². The van der Waals surface area contributed by atoms with Crippen molar-refractivity contribution in [1.29, 1.82) is 0 Å². The Hall–Kier alpha value is -10.9. The molecule has 0 saturated heterocycles. The normalized spacial score (nSPS) is 14.9. The molecule has 13 aromatic carbocycles. The molecule has 5 heteroatoms. The molecule has 0 spiro atoms. The molecule has 2 aliphatic heterocycles. The van der Waals surface area contributed by atoms with Gasteiger partial charge in [-0.25, -0.2) is 0 Å². The maximum absolute atomic E-state index is 10.2. The number of rotatable bonds is 8. The van der Waals surface area contributed by atoms with Crippen LogP contribution in [0.1, 0.15) is 301 Å². The fourth-order valence-corrected chi connectivity index (χ4v) is 19.4. The molecule has 0 N–H and O–H groups in total. The first-order valence-electron chi connectivity index (χ1n) is 50.3. The lowest BCUT2D eigenvalue weighted by atomic mass is 9.33. The Labute approximate surface area is 773 Å². The topological polar surface area (TPSA) is 16.3 Å². The largest absolute Gasteiger partial charge is 0.310 e. The standard InChI is InChI=1S/C122H139BN4/c1-112(2,3)77-46-42-74(43-47-77)91-66-84(119(22,23)24)68-93(76-60-82(117(16,17)18)62-83(61-76)118(19,20)21)110(91)126-105-73-88(125-103-58-51-80(115(10,11)12)64-95(103)96-65-81(116(13,14)15)52-59-104(96)125)54-57-99(105)123-100-56-53-87(124-101-40-36-34-38-89(101)90-39-35-37-41-102(90)124)72-106(100)127(108-71-86(121(28,29)30)70-107(126)109(108)123)111-92(75-44-48-78(49-45-75)113(4,5)6)67-85(120(25,26)27)69-97(111)94-63-79(114(7,8)9)50-55-98(94)122(31,32)33/h34-73H,1-33H3/i34D,35D,36D,37D,38D,39D,40D,41D. The van der Waals surface area contributed by atoms with E-state index in [1.807, 2.05) is 6.07 Å². The monoisotopic (exact) mass is 1680 g/mol. The Bertz CT molecular complexity index is 7260. The Morgan fingerprint density at radius 1 is 0.220 bits per heavy atom. The van der Waals surface area contributed by atoms with Crippen LogP contribution in [0.5, 0.6) is 0 Å². The zero-order valence-electron chi connectivity index (χ0n) is 90.3. The molecule has 0 unspecified atom stereocenters. The summed E-state index contributed by atoms with van der Waals surface area (Å²) < 4.78 is 82.1. The average Bonchev–Trinajstić information content (AvgIpc) is 1.43. The SMILES string of the molecule is [2H]c1c([2H])c([2H])c2c(c1[2H])c1c([2H])c([2H])c([2H])c([2H])c1n2-c1ccc2c(c1)N(c1c(-c3ccc(C(C)(C)C)cc3)cc(C(C)(C)C)cc1-c1cc(C(C)(C)C)ccc1C(C)(C)C)c1cc(C(C)(C)C)cc3c1B2c1ccc(-n2c4ccc(C(C)(C)C)cc4c4cc(C(C)(C)C)ccc42)cc1N3c1c(-c2ccc(C(C)(C)C)cc2)cc(C(C)(C)C)cc1-c1cc(C(C)(C)C)cc(C(C)(C)C)c1. The predicted octanol–water partition coefficient (Wildman–Crippen LogP) is 32.9. The van der Waals surface area contributed by atoms with Crippen molar-refractivity contribution in [1.82, 2.24) is 9.13 Å². The van der Waals surface area contributed by atoms with Gasteiger partial charge in [0.2, 0.25) is 0 Å². The molecule has 0 saturated carbocycles. The summed E-state index contributed by atoms with van der Waals surface area (Å²) in [5.41, 5.74) is 30.9. The molecule has 0 atom stereocenters. The third-order valence-electron chi connectivity index (χ3n) is 27.4. The molecule has 17 rings (SSSR count). The highest BCUT2D eigenvalue weighted by molar-refractivity contribution is 7.00. The number of aromatic nitrogens is 2. The van der Waals surface area contributed by atoms with Crippen molar-refractivity contribution in [2.75, 3.05) is 9.80 Å². The smallest absolute Gasteiger partial charge is 0.252 e. The van der Waals surface area contributed by atoms with Gasteiger partial charge in [0.25, 0.3) is 6.71 Å². The molecule has 4 heterocycles. The number of hydrogen-bond donors (Lipinski definition) is 0. The van der Waals surface area contributed by atoms with Crippen molar-refractivity contribution in [2.24, 2.45) is 0 Å². The van der Waals surface area contributed by atoms with Crippen LogP contribution in [-0.4, -0.2) is 15.8 Å². The minimum absolute atomic E-state index is 0.0145. The highest BCUT2D eigenvalue weighted by atomic mass is 15.2. The molecule has 2 aromatic heterocycles. The first-order chi connectivity index (χ1) is 62.2. The summed E-state index contributed by atoms with van der Waals surface area (Å²) in [7, 11) is 0. The van der Waals surface area contributed by atoms with E-state index in [0.717, 1.165) is 123 Å². The van der Waals surface area contributed by atoms with Gasteiger partial charge in [-0.1, -0.05) is 374 Å². The first-order valence-corrected chi connectivity index (χ1v) is 46.3. The fraction of sp³-hybridized carbons (Fsp3) is 0.361. The van der Waals surface area contributed by atoms with E-state index in [9.17, 15) is 11.0 Å². The molecule has 0 aliphatic carbocycles. The lowest BCUT2D eigenvalue weighted by Gasteiger charge is -2.47. The van der Waals surface area contributed by atoms with Crippen LogP contribution in [0, 0.1) is 0 Å². The molecule has 0 radical (unpaired) electrons. The van der Waals surface area contributed by atoms with Crippen molar-refractivity contribution in [2.45, 2.75) is 288 Å². The van der Waals surface area contributed by atoms with Crippen LogP contribution in [0.2, 0.25) is 0 Å². The molecular weight excluding hydrogens is 1530 g/mol. The third-order valence-corrected chi connectivity index (χ3v) is 27.4. The van der Waals surface area contributed by atoms with Crippen LogP contribution in [0.15, 0.2) is 242 Å². The van der Waals surface area contributed by atoms with Crippen molar-refractivity contribution in [3.8, 4) is 55.9 Å². The average molecular weight is 1680 g/mol. The quantitative estimate of drug-likeness (QED) is 0.141. The highest BCUT2D eigenvalue weighted by Gasteiger charge is 2.48. The molecular formula is C122H139BN4. The van der Waals surface area contributed by atoms with Crippen LogP contribution < -0.4 is 26.2 Å². The van der Waals surface area contributed by atoms with Crippen molar-refractivity contribution >= 4 is 101 Å². The highest BCUT2D eigenvalue weighted by Crippen LogP contribution is 2.58. The molecule has 4 nitrogen and oxygen atoms in total. The van der Waals surface area contributed by atoms with Gasteiger partial charge in [-0.2, -0.15) is 0 Å². The van der Waals surface area contributed by atoms with Crippen molar-refractivity contribution in [3.63, 3.8) is 0 Å². The van der Waals surface area contributed by atoms with Crippen LogP contribution in [0.4, 0.5) is 34.1 Å². The minimum Gasteiger partial charge on any atom is -0.310 e. The van der Waals surface area contributed by atoms with E-state index in [1.165, 1.54) is 60.8 Å². The van der Waals surface area contributed by atoms with Crippen LogP contribution in [0.3, 0.4) is 0 Å². The van der Waals surface area contributed by atoms with Crippen LogP contribution in [0.25, 0.3) is 99.5 Å². The van der Waals surface area contributed by atoms with E-state index < -0.39 is 47.1 Å². The van der Waals surface area contributed by atoms with E-state index in [0.29, 0.717) is 5.69 Å². The summed E-state index contributed by atoms with van der Waals surface area (Å²) in [6, 6.07) is 73.0. The molecule has 0 amide bonds. The van der Waals surface area contributed by atoms with Crippen molar-refractivity contribution < 1.29 is 11.0 Å². The number of fused-ring (bicyclic) bond motifs is 10. The van der Waals surface area contributed by atoms with Gasteiger partial charge >= 0.3 is 0 Å². The van der Waals surface area contributed by atoms with Gasteiger partial charge in [0.1, 0.15) is 0 Å². The first kappa shape index (κ1) is 78.4. The van der Waals surface area contributed by atoms with E-state index in [2.05, 4.69) is 431 Å². The molecule has 0 bridgehead atoms. The lowest BCUT2D eigenvalue weighted by Crippen LogP contribution is -2.61. The second-order valence-electron chi connectivity index (χ2n) is 48.4. The Kier molecular flexibility index (Phi) is 18.4. The zero-order chi connectivity index (χ0) is 98.6. The molecule has 0 fully saturated rings. The second kappa shape index (κ2) is 29.9. The van der Waals surface area contributed by atoms with E-state index in [4.69, 9.17) is 0 Å². The molecule has 2 aliphatic rings. The summed E-state index contributed by atoms with van der Waals surface area (Å²) in [6.45, 7) is 76.1. The number of anilines is 6. The zero-order valence-corrected chi connectivity index (χ0v) is 82.3. The number of hydrogen-bond acceptors (Lipinski definition) is 2. The molecule has 127 heavy (non-hydrogen) atoms. The fourth-order valence-electron chi connectivity index (χ4n) is 19.4. The summed E-state index contributed by atoms with van der Waals surface area (Å²) in [5, 5.41) is 2.40. The molecule has 650 valence electrons. The number of nitrogens with zero attached hydrogens (tertiary/aromatic N) is 4. The van der Waals surface area contributed by atoms with Crippen LogP contribution in [-0.2, 0) is 59.6 Å². The Morgan fingerprint density at radius 2 is 0.528 bits per heavy atom. The predicted molar refractivity (Wildman–Crippen MR) is 557 cm³/mol. The maximum atomic E-state index is 10.2. The van der Waals surface area contributed by atoms with E-state index in [-0.39, 0.29) is 89.3 Å². The molecule has 15 aromatic rings. The summed E-state index contributed by atoms with van der Waals surface area (Å²) in [6.07, 6.45) is 0. The van der Waals surface area contributed by atoms with Gasteiger partial charge in [0, 0.05) is 77.9 Å². The maximum Gasteiger partial charge on any atom is 0.252 e. The van der Waals surface area contributed by atoms with Gasteiger partial charge in [-0.3, -0.25) is 0 Å². The number of benzene rings is 13. The van der Waals surface area contributed by atoms with E-state index in [1.54, 1.807) is 4.57 Å². The lowest BCUT2D eigenvalue weighted by molar-refractivity contribution is 0.569. The minimum atomic E-state index is -0.566. The van der Waals surface area contributed by atoms with Crippen molar-refractivity contribution in [3.05, 3.63) is 304 Å².